The van der Waals surface area contributed by atoms with E-state index in [1.54, 1.807) is 0 Å². The molecule has 1 amide bonds. The van der Waals surface area contributed by atoms with E-state index in [0.717, 1.165) is 11.3 Å². The van der Waals surface area contributed by atoms with Crippen molar-refractivity contribution in [3.05, 3.63) is 29.8 Å². The van der Waals surface area contributed by atoms with Gasteiger partial charge < -0.3 is 15.2 Å². The first kappa shape index (κ1) is 17.5. The molecule has 4 heteroatoms. The third-order valence-corrected chi connectivity index (χ3v) is 3.40. The minimum atomic E-state index is -0.0722. The van der Waals surface area contributed by atoms with Crippen LogP contribution in [0.4, 0.5) is 0 Å². The van der Waals surface area contributed by atoms with Gasteiger partial charge in [0.05, 0.1) is 13.0 Å². The molecule has 0 aliphatic rings. The summed E-state index contributed by atoms with van der Waals surface area (Å²) in [6, 6.07) is 7.53. The summed E-state index contributed by atoms with van der Waals surface area (Å²) >= 11 is 0. The SMILES string of the molecule is CCOc1ccc(CC(=O)NC(CCO)C(C)(C)C)cc1. The van der Waals surface area contributed by atoms with Gasteiger partial charge in [0.1, 0.15) is 5.75 Å². The molecule has 0 radical (unpaired) electrons. The molecule has 0 saturated carbocycles. The lowest BCUT2D eigenvalue weighted by Gasteiger charge is -2.31. The monoisotopic (exact) mass is 293 g/mol. The van der Waals surface area contributed by atoms with Crippen molar-refractivity contribution in [2.75, 3.05) is 13.2 Å². The second kappa shape index (κ2) is 8.03. The Labute approximate surface area is 127 Å². The highest BCUT2D eigenvalue weighted by atomic mass is 16.5. The second-order valence-electron chi connectivity index (χ2n) is 6.25. The van der Waals surface area contributed by atoms with Crippen molar-refractivity contribution in [1.82, 2.24) is 5.32 Å². The Kier molecular flexibility index (Phi) is 6.69. The molecule has 1 atom stereocenters. The quantitative estimate of drug-likeness (QED) is 0.812. The fourth-order valence-corrected chi connectivity index (χ4v) is 2.15. The van der Waals surface area contributed by atoms with Gasteiger partial charge in [-0.05, 0) is 36.5 Å². The van der Waals surface area contributed by atoms with Crippen LogP contribution in [0.3, 0.4) is 0 Å². The van der Waals surface area contributed by atoms with E-state index < -0.39 is 0 Å². The highest BCUT2D eigenvalue weighted by molar-refractivity contribution is 5.79. The maximum absolute atomic E-state index is 12.1. The summed E-state index contributed by atoms with van der Waals surface area (Å²) < 4.78 is 5.38. The van der Waals surface area contributed by atoms with Crippen molar-refractivity contribution in [2.24, 2.45) is 5.41 Å². The highest BCUT2D eigenvalue weighted by Crippen LogP contribution is 2.21. The number of amides is 1. The normalized spacial score (nSPS) is 12.8. The van der Waals surface area contributed by atoms with Crippen molar-refractivity contribution in [2.45, 2.75) is 46.6 Å². The number of hydrogen-bond acceptors (Lipinski definition) is 3. The third-order valence-electron chi connectivity index (χ3n) is 3.40. The van der Waals surface area contributed by atoms with Gasteiger partial charge in [-0.15, -0.1) is 0 Å². The van der Waals surface area contributed by atoms with Gasteiger partial charge in [0, 0.05) is 12.6 Å². The molecule has 0 saturated heterocycles. The lowest BCUT2D eigenvalue weighted by Crippen LogP contribution is -2.44. The molecule has 21 heavy (non-hydrogen) atoms. The van der Waals surface area contributed by atoms with Crippen LogP contribution in [0.5, 0.6) is 5.75 Å². The summed E-state index contributed by atoms with van der Waals surface area (Å²) in [4.78, 5) is 12.1. The first-order valence-electron chi connectivity index (χ1n) is 7.48. The van der Waals surface area contributed by atoms with Crippen LogP contribution in [-0.2, 0) is 11.2 Å². The first-order valence-corrected chi connectivity index (χ1v) is 7.48. The predicted molar refractivity (Wildman–Crippen MR) is 84.4 cm³/mol. The van der Waals surface area contributed by atoms with Gasteiger partial charge >= 0.3 is 0 Å². The Hall–Kier alpha value is -1.55. The first-order chi connectivity index (χ1) is 9.86. The second-order valence-corrected chi connectivity index (χ2v) is 6.25. The van der Waals surface area contributed by atoms with Gasteiger partial charge in [0.15, 0.2) is 0 Å². The van der Waals surface area contributed by atoms with Crippen LogP contribution in [-0.4, -0.2) is 30.3 Å². The summed E-state index contributed by atoms with van der Waals surface area (Å²) in [6.07, 6.45) is 0.906. The molecule has 0 spiro atoms. The van der Waals surface area contributed by atoms with E-state index in [2.05, 4.69) is 26.1 Å². The maximum atomic E-state index is 12.1. The van der Waals surface area contributed by atoms with E-state index in [0.29, 0.717) is 19.4 Å². The van der Waals surface area contributed by atoms with E-state index in [-0.39, 0.29) is 24.0 Å². The number of carbonyl (C=O) groups excluding carboxylic acids is 1. The predicted octanol–water partition coefficient (Wildman–Crippen LogP) is 2.54. The van der Waals surface area contributed by atoms with E-state index in [4.69, 9.17) is 9.84 Å². The largest absolute Gasteiger partial charge is 0.494 e. The van der Waals surface area contributed by atoms with E-state index in [1.165, 1.54) is 0 Å². The minimum Gasteiger partial charge on any atom is -0.494 e. The van der Waals surface area contributed by atoms with Crippen molar-refractivity contribution in [3.63, 3.8) is 0 Å². The molecule has 118 valence electrons. The molecular weight excluding hydrogens is 266 g/mol. The Morgan fingerprint density at radius 1 is 1.29 bits per heavy atom. The molecular formula is C17H27NO3. The van der Waals surface area contributed by atoms with Gasteiger partial charge in [0.25, 0.3) is 0 Å². The zero-order chi connectivity index (χ0) is 15.9. The molecule has 1 aromatic rings. The zero-order valence-corrected chi connectivity index (χ0v) is 13.5. The van der Waals surface area contributed by atoms with E-state index >= 15 is 0 Å². The lowest BCUT2D eigenvalue weighted by molar-refractivity contribution is -0.122. The van der Waals surface area contributed by atoms with Gasteiger partial charge in [-0.1, -0.05) is 32.9 Å². The smallest absolute Gasteiger partial charge is 0.224 e. The van der Waals surface area contributed by atoms with Gasteiger partial charge in [-0.25, -0.2) is 0 Å². The van der Waals surface area contributed by atoms with Crippen LogP contribution < -0.4 is 10.1 Å². The molecule has 1 aromatic carbocycles. The summed E-state index contributed by atoms with van der Waals surface area (Å²) in [5.74, 6) is 0.794. The molecule has 4 nitrogen and oxygen atoms in total. The van der Waals surface area contributed by atoms with Gasteiger partial charge in [-0.3, -0.25) is 4.79 Å². The molecule has 0 heterocycles. The highest BCUT2D eigenvalue weighted by Gasteiger charge is 2.25. The van der Waals surface area contributed by atoms with Crippen molar-refractivity contribution in [1.29, 1.82) is 0 Å². The molecule has 0 aliphatic heterocycles. The summed E-state index contributed by atoms with van der Waals surface area (Å²) in [6.45, 7) is 8.83. The fraction of sp³-hybridized carbons (Fsp3) is 0.588. The number of carbonyl (C=O) groups is 1. The standard InChI is InChI=1S/C17H27NO3/c1-5-21-14-8-6-13(7-9-14)12-16(20)18-15(10-11-19)17(2,3)4/h6-9,15,19H,5,10-12H2,1-4H3,(H,18,20). The topological polar surface area (TPSA) is 58.6 Å². The average molecular weight is 293 g/mol. The van der Waals surface area contributed by atoms with E-state index in [9.17, 15) is 4.79 Å². The van der Waals surface area contributed by atoms with Crippen LogP contribution in [0.2, 0.25) is 0 Å². The Bertz CT molecular complexity index is 434. The number of aliphatic hydroxyl groups excluding tert-OH is 1. The van der Waals surface area contributed by atoms with Crippen LogP contribution in [0.1, 0.15) is 39.7 Å². The molecule has 1 unspecified atom stereocenters. The number of rotatable bonds is 7. The molecule has 0 aromatic heterocycles. The average Bonchev–Trinajstić information content (AvgIpc) is 2.40. The number of aliphatic hydroxyl groups is 1. The van der Waals surface area contributed by atoms with Crippen molar-refractivity contribution < 1.29 is 14.6 Å². The number of hydrogen-bond donors (Lipinski definition) is 2. The molecule has 0 aliphatic carbocycles. The third kappa shape index (κ3) is 6.17. The van der Waals surface area contributed by atoms with Crippen LogP contribution >= 0.6 is 0 Å². The number of benzene rings is 1. The lowest BCUT2D eigenvalue weighted by atomic mass is 9.85. The van der Waals surface area contributed by atoms with Crippen LogP contribution in [0, 0.1) is 5.41 Å². The summed E-state index contributed by atoms with van der Waals surface area (Å²) in [5.41, 5.74) is 0.879. The van der Waals surface area contributed by atoms with Crippen molar-refractivity contribution in [3.8, 4) is 5.75 Å². The summed E-state index contributed by atoms with van der Waals surface area (Å²) in [7, 11) is 0. The van der Waals surface area contributed by atoms with Gasteiger partial charge in [0.2, 0.25) is 5.91 Å². The zero-order valence-electron chi connectivity index (χ0n) is 13.5. The number of ether oxygens (including phenoxy) is 1. The Balaban J connectivity index is 2.59. The molecule has 0 fully saturated rings. The van der Waals surface area contributed by atoms with Crippen LogP contribution in [0.25, 0.3) is 0 Å². The van der Waals surface area contributed by atoms with Crippen LogP contribution in [0.15, 0.2) is 24.3 Å². The summed E-state index contributed by atoms with van der Waals surface area (Å²) in [5, 5.41) is 12.1. The number of nitrogens with one attached hydrogen (secondary N) is 1. The molecule has 2 N–H and O–H groups in total. The van der Waals surface area contributed by atoms with E-state index in [1.807, 2.05) is 31.2 Å². The fourth-order valence-electron chi connectivity index (χ4n) is 2.15. The van der Waals surface area contributed by atoms with Gasteiger partial charge in [-0.2, -0.15) is 0 Å². The maximum Gasteiger partial charge on any atom is 0.224 e. The molecule has 1 rings (SSSR count). The van der Waals surface area contributed by atoms with Crippen molar-refractivity contribution >= 4 is 5.91 Å². The molecule has 0 bridgehead atoms. The Morgan fingerprint density at radius 2 is 1.90 bits per heavy atom. The Morgan fingerprint density at radius 3 is 2.38 bits per heavy atom. The minimum absolute atomic E-state index is 0.0208.